The molecule has 0 unspecified atom stereocenters. The van der Waals surface area contributed by atoms with Crippen molar-refractivity contribution in [1.82, 2.24) is 9.78 Å². The molecule has 100 valence electrons. The highest BCUT2D eigenvalue weighted by Gasteiger charge is 2.30. The topological polar surface area (TPSA) is 34.9 Å². The first kappa shape index (κ1) is 13.3. The lowest BCUT2D eigenvalue weighted by atomic mass is 10.1. The molecule has 0 saturated heterocycles. The minimum absolute atomic E-state index is 0.166. The second-order valence-electron chi connectivity index (χ2n) is 4.22. The number of carbonyl (C=O) groups is 1. The van der Waals surface area contributed by atoms with Gasteiger partial charge in [0.1, 0.15) is 0 Å². The summed E-state index contributed by atoms with van der Waals surface area (Å²) in [5, 5.41) is 4.00. The molecule has 0 aliphatic carbocycles. The summed E-state index contributed by atoms with van der Waals surface area (Å²) in [6, 6.07) is 5.81. The van der Waals surface area contributed by atoms with Crippen molar-refractivity contribution in [3.05, 3.63) is 52.8 Å². The van der Waals surface area contributed by atoms with Crippen molar-refractivity contribution in [2.75, 3.05) is 0 Å². The van der Waals surface area contributed by atoms with E-state index in [0.29, 0.717) is 11.4 Å². The number of rotatable bonds is 1. The van der Waals surface area contributed by atoms with Gasteiger partial charge >= 0.3 is 6.18 Å². The van der Waals surface area contributed by atoms with Crippen molar-refractivity contribution < 1.29 is 18.0 Å². The average molecular weight is 268 g/mol. The maximum absolute atomic E-state index is 12.4. The van der Waals surface area contributed by atoms with E-state index in [-0.39, 0.29) is 5.56 Å². The van der Waals surface area contributed by atoms with E-state index in [1.54, 1.807) is 19.9 Å². The quantitative estimate of drug-likeness (QED) is 0.796. The van der Waals surface area contributed by atoms with Gasteiger partial charge in [0, 0.05) is 11.3 Å². The molecule has 3 nitrogen and oxygen atoms in total. The van der Waals surface area contributed by atoms with Crippen LogP contribution >= 0.6 is 0 Å². The third-order valence-electron chi connectivity index (χ3n) is 2.66. The number of alkyl halides is 3. The molecule has 0 bridgehead atoms. The molecule has 6 heteroatoms. The summed E-state index contributed by atoms with van der Waals surface area (Å²) >= 11 is 0. The molecule has 0 amide bonds. The number of benzene rings is 1. The first-order valence-electron chi connectivity index (χ1n) is 5.54. The van der Waals surface area contributed by atoms with Crippen LogP contribution < -0.4 is 0 Å². The number of aryl methyl sites for hydroxylation is 2. The molecule has 2 rings (SSSR count). The fourth-order valence-electron chi connectivity index (χ4n) is 1.76. The smallest absolute Gasteiger partial charge is 0.267 e. The molecular weight excluding hydrogens is 257 g/mol. The van der Waals surface area contributed by atoms with Crippen LogP contribution in [0.15, 0.2) is 30.3 Å². The Labute approximate surface area is 107 Å². The van der Waals surface area contributed by atoms with E-state index >= 15 is 0 Å². The van der Waals surface area contributed by atoms with Crippen LogP contribution in [0.25, 0.3) is 0 Å². The normalized spacial score (nSPS) is 11.6. The summed E-state index contributed by atoms with van der Waals surface area (Å²) < 4.78 is 38.4. The zero-order valence-corrected chi connectivity index (χ0v) is 10.3. The van der Waals surface area contributed by atoms with E-state index in [0.717, 1.165) is 24.3 Å². The van der Waals surface area contributed by atoms with Gasteiger partial charge in [-0.15, -0.1) is 0 Å². The molecule has 1 aromatic heterocycles. The SMILES string of the molecule is Cc1cc(C)n(C(=O)c2ccc(C(F)(F)F)cc2)n1. The van der Waals surface area contributed by atoms with Crippen molar-refractivity contribution in [3.8, 4) is 0 Å². The third-order valence-corrected chi connectivity index (χ3v) is 2.66. The van der Waals surface area contributed by atoms with Gasteiger partial charge in [-0.05, 0) is 44.2 Å². The van der Waals surface area contributed by atoms with Crippen molar-refractivity contribution in [1.29, 1.82) is 0 Å². The number of aromatic nitrogens is 2. The zero-order chi connectivity index (χ0) is 14.2. The van der Waals surface area contributed by atoms with Gasteiger partial charge in [-0.1, -0.05) is 0 Å². The molecule has 1 aromatic carbocycles. The van der Waals surface area contributed by atoms with Gasteiger partial charge in [0.05, 0.1) is 11.3 Å². The Balaban J connectivity index is 2.33. The van der Waals surface area contributed by atoms with E-state index in [9.17, 15) is 18.0 Å². The van der Waals surface area contributed by atoms with Crippen molar-refractivity contribution >= 4 is 5.91 Å². The van der Waals surface area contributed by atoms with Crippen LogP contribution in [-0.4, -0.2) is 15.7 Å². The predicted molar refractivity (Wildman–Crippen MR) is 62.9 cm³/mol. The number of nitrogens with zero attached hydrogens (tertiary/aromatic N) is 2. The number of hydrogen-bond acceptors (Lipinski definition) is 2. The van der Waals surface area contributed by atoms with Crippen LogP contribution in [0.4, 0.5) is 13.2 Å². The Kier molecular flexibility index (Phi) is 3.18. The summed E-state index contributed by atoms with van der Waals surface area (Å²) in [5.74, 6) is -0.445. The maximum atomic E-state index is 12.4. The largest absolute Gasteiger partial charge is 0.416 e. The minimum atomic E-state index is -4.40. The van der Waals surface area contributed by atoms with Crippen molar-refractivity contribution in [3.63, 3.8) is 0 Å². The molecule has 0 saturated carbocycles. The van der Waals surface area contributed by atoms with Crippen LogP contribution in [0.1, 0.15) is 27.3 Å². The number of hydrogen-bond donors (Lipinski definition) is 0. The van der Waals surface area contributed by atoms with Crippen LogP contribution in [0.2, 0.25) is 0 Å². The molecular formula is C13H11F3N2O. The van der Waals surface area contributed by atoms with Crippen LogP contribution in [-0.2, 0) is 6.18 Å². The Morgan fingerprint density at radius 1 is 1.16 bits per heavy atom. The average Bonchev–Trinajstić information content (AvgIpc) is 2.66. The summed E-state index contributed by atoms with van der Waals surface area (Å²) in [6.45, 7) is 3.45. The fourth-order valence-corrected chi connectivity index (χ4v) is 1.76. The van der Waals surface area contributed by atoms with Gasteiger partial charge in [-0.2, -0.15) is 18.3 Å². The molecule has 0 fully saturated rings. The van der Waals surface area contributed by atoms with E-state index in [2.05, 4.69) is 5.10 Å². The van der Waals surface area contributed by atoms with E-state index < -0.39 is 17.6 Å². The molecule has 2 aromatic rings. The maximum Gasteiger partial charge on any atom is 0.416 e. The second kappa shape index (κ2) is 4.53. The molecule has 0 N–H and O–H groups in total. The zero-order valence-electron chi connectivity index (χ0n) is 10.3. The summed E-state index contributed by atoms with van der Waals surface area (Å²) in [7, 11) is 0. The van der Waals surface area contributed by atoms with Crippen LogP contribution in [0, 0.1) is 13.8 Å². The van der Waals surface area contributed by atoms with Gasteiger partial charge in [-0.3, -0.25) is 4.79 Å². The van der Waals surface area contributed by atoms with E-state index in [1.807, 2.05) is 0 Å². The van der Waals surface area contributed by atoms with Gasteiger partial charge in [-0.25, -0.2) is 4.68 Å². The Hall–Kier alpha value is -2.11. The minimum Gasteiger partial charge on any atom is -0.267 e. The number of carbonyl (C=O) groups excluding carboxylic acids is 1. The molecule has 19 heavy (non-hydrogen) atoms. The highest BCUT2D eigenvalue weighted by Crippen LogP contribution is 2.29. The van der Waals surface area contributed by atoms with Crippen LogP contribution in [0.5, 0.6) is 0 Å². The highest BCUT2D eigenvalue weighted by molar-refractivity contribution is 5.95. The Morgan fingerprint density at radius 2 is 1.74 bits per heavy atom. The summed E-state index contributed by atoms with van der Waals surface area (Å²) in [4.78, 5) is 12.1. The Morgan fingerprint density at radius 3 is 2.16 bits per heavy atom. The first-order valence-corrected chi connectivity index (χ1v) is 5.54. The highest BCUT2D eigenvalue weighted by atomic mass is 19.4. The van der Waals surface area contributed by atoms with Gasteiger partial charge in [0.2, 0.25) is 0 Å². The standard InChI is InChI=1S/C13H11F3N2O/c1-8-7-9(2)18(17-8)12(19)10-3-5-11(6-4-10)13(14,15)16/h3-7H,1-2H3. The molecule has 0 radical (unpaired) electrons. The van der Waals surface area contributed by atoms with E-state index in [1.165, 1.54) is 4.68 Å². The molecule has 0 atom stereocenters. The predicted octanol–water partition coefficient (Wildman–Crippen LogP) is 3.21. The molecule has 1 heterocycles. The van der Waals surface area contributed by atoms with Crippen molar-refractivity contribution in [2.45, 2.75) is 20.0 Å². The van der Waals surface area contributed by atoms with Gasteiger partial charge in [0.15, 0.2) is 0 Å². The molecule has 0 aliphatic rings. The van der Waals surface area contributed by atoms with Crippen molar-refractivity contribution in [2.24, 2.45) is 0 Å². The lowest BCUT2D eigenvalue weighted by molar-refractivity contribution is -0.137. The van der Waals surface area contributed by atoms with E-state index in [4.69, 9.17) is 0 Å². The number of halogens is 3. The third kappa shape index (κ3) is 2.67. The first-order chi connectivity index (χ1) is 8.79. The molecule has 0 aliphatic heterocycles. The summed E-state index contributed by atoms with van der Waals surface area (Å²) in [6.07, 6.45) is -4.40. The summed E-state index contributed by atoms with van der Waals surface area (Å²) in [5.41, 5.74) is 0.705. The molecule has 0 spiro atoms. The fraction of sp³-hybridized carbons (Fsp3) is 0.231. The van der Waals surface area contributed by atoms with Gasteiger partial charge < -0.3 is 0 Å². The lowest BCUT2D eigenvalue weighted by Gasteiger charge is -2.07. The Bertz CT molecular complexity index is 612. The second-order valence-corrected chi connectivity index (χ2v) is 4.22. The van der Waals surface area contributed by atoms with Gasteiger partial charge in [0.25, 0.3) is 5.91 Å². The van der Waals surface area contributed by atoms with Crippen LogP contribution in [0.3, 0.4) is 0 Å². The monoisotopic (exact) mass is 268 g/mol. The lowest BCUT2D eigenvalue weighted by Crippen LogP contribution is -2.15.